The molecule has 0 aliphatic rings. The van der Waals surface area contributed by atoms with E-state index >= 15 is 0 Å². The van der Waals surface area contributed by atoms with Crippen molar-refractivity contribution in [2.24, 2.45) is 0 Å². The van der Waals surface area contributed by atoms with E-state index in [1.54, 1.807) is 13.2 Å². The van der Waals surface area contributed by atoms with Crippen molar-refractivity contribution in [3.8, 4) is 5.75 Å². The van der Waals surface area contributed by atoms with Gasteiger partial charge in [-0.05, 0) is 24.6 Å². The summed E-state index contributed by atoms with van der Waals surface area (Å²) in [5.41, 5.74) is 1.56. The summed E-state index contributed by atoms with van der Waals surface area (Å²) >= 11 is 0. The zero-order chi connectivity index (χ0) is 10.1. The number of hydrogen-bond acceptors (Lipinski definition) is 3. The van der Waals surface area contributed by atoms with Crippen LogP contribution >= 0.6 is 0 Å². The Hall–Kier alpha value is -1.48. The normalized spacial score (nSPS) is 10.8. The van der Waals surface area contributed by atoms with Crippen LogP contribution in [0.3, 0.4) is 0 Å². The third kappa shape index (κ3) is 1.26. The Morgan fingerprint density at radius 3 is 2.86 bits per heavy atom. The number of ether oxygens (including phenoxy) is 1. The van der Waals surface area contributed by atoms with Gasteiger partial charge in [0.05, 0.1) is 13.7 Å². The van der Waals surface area contributed by atoms with Gasteiger partial charge < -0.3 is 14.3 Å². The number of furan rings is 1. The van der Waals surface area contributed by atoms with E-state index in [9.17, 15) is 0 Å². The molecule has 14 heavy (non-hydrogen) atoms. The Kier molecular flexibility index (Phi) is 2.17. The summed E-state index contributed by atoms with van der Waals surface area (Å²) in [5.74, 6) is 1.52. The van der Waals surface area contributed by atoms with Crippen LogP contribution in [0.1, 0.15) is 11.3 Å². The second-order valence-corrected chi connectivity index (χ2v) is 3.18. The van der Waals surface area contributed by atoms with Crippen molar-refractivity contribution < 1.29 is 14.3 Å². The van der Waals surface area contributed by atoms with E-state index in [2.05, 4.69) is 0 Å². The van der Waals surface area contributed by atoms with Crippen LogP contribution in [0.25, 0.3) is 11.0 Å². The summed E-state index contributed by atoms with van der Waals surface area (Å²) in [7, 11) is 1.60. The number of fused-ring (bicyclic) bond motifs is 1. The van der Waals surface area contributed by atoms with Gasteiger partial charge in [0, 0.05) is 5.39 Å². The van der Waals surface area contributed by atoms with Crippen LogP contribution in [-0.4, -0.2) is 12.2 Å². The Morgan fingerprint density at radius 2 is 2.21 bits per heavy atom. The van der Waals surface area contributed by atoms with Gasteiger partial charge in [-0.25, -0.2) is 0 Å². The largest absolute Gasteiger partial charge is 0.493 e. The molecular weight excluding hydrogens is 180 g/mol. The molecule has 1 heterocycles. The molecule has 2 aromatic rings. The summed E-state index contributed by atoms with van der Waals surface area (Å²) in [6.07, 6.45) is 0. The van der Waals surface area contributed by atoms with Crippen LogP contribution < -0.4 is 4.74 Å². The highest BCUT2D eigenvalue weighted by Gasteiger charge is 2.10. The van der Waals surface area contributed by atoms with Gasteiger partial charge in [0.1, 0.15) is 5.76 Å². The smallest absolute Gasteiger partial charge is 0.176 e. The lowest BCUT2D eigenvalue weighted by Crippen LogP contribution is -1.87. The maximum absolute atomic E-state index is 9.13. The fraction of sp³-hybridized carbons (Fsp3) is 0.273. The molecule has 1 aromatic carbocycles. The number of hydrogen-bond donors (Lipinski definition) is 1. The van der Waals surface area contributed by atoms with E-state index in [0.29, 0.717) is 11.3 Å². The van der Waals surface area contributed by atoms with Gasteiger partial charge in [-0.1, -0.05) is 6.07 Å². The quantitative estimate of drug-likeness (QED) is 0.793. The van der Waals surface area contributed by atoms with Crippen LogP contribution in [-0.2, 0) is 6.61 Å². The molecule has 0 atom stereocenters. The van der Waals surface area contributed by atoms with Crippen LogP contribution in [0.5, 0.6) is 5.75 Å². The maximum atomic E-state index is 9.13. The first-order valence-electron chi connectivity index (χ1n) is 4.43. The van der Waals surface area contributed by atoms with Crippen molar-refractivity contribution in [1.29, 1.82) is 0 Å². The molecule has 3 nitrogen and oxygen atoms in total. The summed E-state index contributed by atoms with van der Waals surface area (Å²) in [6.45, 7) is 1.89. The standard InChI is InChI=1S/C11H12O3/c1-7-5-9-8(6-12)3-4-10(13-2)11(9)14-7/h3-5,12H,6H2,1-2H3. The average Bonchev–Trinajstić information content (AvgIpc) is 2.57. The lowest BCUT2D eigenvalue weighted by molar-refractivity contribution is 0.283. The van der Waals surface area contributed by atoms with Crippen molar-refractivity contribution in [1.82, 2.24) is 0 Å². The zero-order valence-electron chi connectivity index (χ0n) is 8.20. The molecule has 1 N–H and O–H groups in total. The zero-order valence-corrected chi connectivity index (χ0v) is 8.20. The molecule has 0 unspecified atom stereocenters. The van der Waals surface area contributed by atoms with Gasteiger partial charge in [-0.15, -0.1) is 0 Å². The summed E-state index contributed by atoms with van der Waals surface area (Å²) < 4.78 is 10.7. The monoisotopic (exact) mass is 192 g/mol. The Morgan fingerprint density at radius 1 is 1.43 bits per heavy atom. The molecule has 0 bridgehead atoms. The SMILES string of the molecule is COc1ccc(CO)c2cc(C)oc12. The van der Waals surface area contributed by atoms with Gasteiger partial charge in [0.25, 0.3) is 0 Å². The van der Waals surface area contributed by atoms with Gasteiger partial charge in [-0.3, -0.25) is 0 Å². The van der Waals surface area contributed by atoms with E-state index in [1.165, 1.54) is 0 Å². The fourth-order valence-electron chi connectivity index (χ4n) is 1.58. The van der Waals surface area contributed by atoms with Crippen molar-refractivity contribution in [2.75, 3.05) is 7.11 Å². The Labute approximate surface area is 81.9 Å². The van der Waals surface area contributed by atoms with Crippen molar-refractivity contribution in [3.63, 3.8) is 0 Å². The predicted molar refractivity (Wildman–Crippen MR) is 53.4 cm³/mol. The highest BCUT2D eigenvalue weighted by molar-refractivity contribution is 5.86. The van der Waals surface area contributed by atoms with E-state index in [-0.39, 0.29) is 6.61 Å². The number of aryl methyl sites for hydroxylation is 1. The minimum Gasteiger partial charge on any atom is -0.493 e. The van der Waals surface area contributed by atoms with Crippen LogP contribution in [0.2, 0.25) is 0 Å². The molecule has 74 valence electrons. The molecule has 0 amide bonds. The lowest BCUT2D eigenvalue weighted by Gasteiger charge is -2.02. The fourth-order valence-corrected chi connectivity index (χ4v) is 1.58. The molecule has 0 saturated heterocycles. The topological polar surface area (TPSA) is 42.6 Å². The highest BCUT2D eigenvalue weighted by atomic mass is 16.5. The molecule has 0 aliphatic heterocycles. The summed E-state index contributed by atoms with van der Waals surface area (Å²) in [6, 6.07) is 5.55. The molecule has 1 aromatic heterocycles. The third-order valence-corrected chi connectivity index (χ3v) is 2.25. The van der Waals surface area contributed by atoms with Gasteiger partial charge in [0.15, 0.2) is 11.3 Å². The minimum atomic E-state index is 0.0134. The second kappa shape index (κ2) is 3.35. The van der Waals surface area contributed by atoms with E-state index in [1.807, 2.05) is 19.1 Å². The minimum absolute atomic E-state index is 0.0134. The highest BCUT2D eigenvalue weighted by Crippen LogP contribution is 2.31. The maximum Gasteiger partial charge on any atom is 0.176 e. The first-order chi connectivity index (χ1) is 6.76. The van der Waals surface area contributed by atoms with Crippen molar-refractivity contribution in [3.05, 3.63) is 29.5 Å². The third-order valence-electron chi connectivity index (χ3n) is 2.25. The first kappa shape index (κ1) is 9.09. The molecule has 3 heteroatoms. The van der Waals surface area contributed by atoms with Crippen LogP contribution in [0.4, 0.5) is 0 Å². The first-order valence-corrected chi connectivity index (χ1v) is 4.43. The molecule has 0 radical (unpaired) electrons. The average molecular weight is 192 g/mol. The Balaban J connectivity index is 2.77. The number of methoxy groups -OCH3 is 1. The molecule has 0 aliphatic carbocycles. The Bertz CT molecular complexity index is 416. The van der Waals surface area contributed by atoms with Crippen molar-refractivity contribution >= 4 is 11.0 Å². The number of aliphatic hydroxyl groups is 1. The molecule has 2 rings (SSSR count). The van der Waals surface area contributed by atoms with E-state index < -0.39 is 0 Å². The van der Waals surface area contributed by atoms with Crippen molar-refractivity contribution in [2.45, 2.75) is 13.5 Å². The van der Waals surface area contributed by atoms with E-state index in [4.69, 9.17) is 14.3 Å². The van der Waals surface area contributed by atoms with Gasteiger partial charge in [0.2, 0.25) is 0 Å². The van der Waals surface area contributed by atoms with Gasteiger partial charge in [-0.2, -0.15) is 0 Å². The van der Waals surface area contributed by atoms with Crippen LogP contribution in [0, 0.1) is 6.92 Å². The molecule has 0 fully saturated rings. The number of rotatable bonds is 2. The van der Waals surface area contributed by atoms with E-state index in [0.717, 1.165) is 16.7 Å². The number of benzene rings is 1. The molecule has 0 saturated carbocycles. The summed E-state index contributed by atoms with van der Waals surface area (Å²) in [4.78, 5) is 0. The molecular formula is C11H12O3. The molecule has 0 spiro atoms. The van der Waals surface area contributed by atoms with Crippen LogP contribution in [0.15, 0.2) is 22.6 Å². The number of aliphatic hydroxyl groups excluding tert-OH is 1. The predicted octanol–water partition coefficient (Wildman–Crippen LogP) is 2.24. The lowest BCUT2D eigenvalue weighted by atomic mass is 10.1. The van der Waals surface area contributed by atoms with Gasteiger partial charge >= 0.3 is 0 Å². The summed E-state index contributed by atoms with van der Waals surface area (Å²) in [5, 5.41) is 10.0. The second-order valence-electron chi connectivity index (χ2n) is 3.18.